The van der Waals surface area contributed by atoms with Gasteiger partial charge in [0.05, 0.1) is 38.1 Å². The van der Waals surface area contributed by atoms with E-state index in [1.807, 2.05) is 0 Å². The van der Waals surface area contributed by atoms with E-state index in [0.29, 0.717) is 26.1 Å². The largest absolute Gasteiger partial charge is 0.458 e. The summed E-state index contributed by atoms with van der Waals surface area (Å²) >= 11 is 0. The molecule has 2 N–H and O–H groups in total. The molecule has 0 aromatic carbocycles. The zero-order chi connectivity index (χ0) is 27.1. The summed E-state index contributed by atoms with van der Waals surface area (Å²) in [5.41, 5.74) is 0.413. The highest BCUT2D eigenvalue weighted by atomic mass is 16.6. The number of fused-ring (bicyclic) bond motifs is 2. The summed E-state index contributed by atoms with van der Waals surface area (Å²) in [5, 5.41) is 20.7. The van der Waals surface area contributed by atoms with Crippen LogP contribution in [0.3, 0.4) is 0 Å². The third kappa shape index (κ3) is 4.48. The molecular weight excluding hydrogens is 492 g/mol. The Balaban J connectivity index is 1.21. The lowest BCUT2D eigenvalue weighted by Gasteiger charge is -2.58. The molecule has 3 heterocycles. The molecule has 2 bridgehead atoms. The van der Waals surface area contributed by atoms with Gasteiger partial charge in [0.25, 0.3) is 0 Å². The molecule has 0 aromatic heterocycles. The number of cyclic esters (lactones) is 1. The summed E-state index contributed by atoms with van der Waals surface area (Å²) in [7, 11) is 0. The van der Waals surface area contributed by atoms with Crippen LogP contribution in [0.15, 0.2) is 47.6 Å². The fourth-order valence-electron chi connectivity index (χ4n) is 6.89. The Kier molecular flexibility index (Phi) is 7.43. The molecule has 208 valence electrons. The van der Waals surface area contributed by atoms with Gasteiger partial charge in [-0.1, -0.05) is 36.8 Å². The Labute approximate surface area is 223 Å². The first-order valence-corrected chi connectivity index (χ1v) is 13.4. The number of hydrogen-bond acceptors (Lipinski definition) is 9. The van der Waals surface area contributed by atoms with E-state index in [1.165, 1.54) is 17.7 Å². The van der Waals surface area contributed by atoms with Gasteiger partial charge in [0.2, 0.25) is 0 Å². The minimum absolute atomic E-state index is 0.0657. The van der Waals surface area contributed by atoms with Crippen molar-refractivity contribution < 1.29 is 43.5 Å². The summed E-state index contributed by atoms with van der Waals surface area (Å²) in [5.74, 6) is -0.827. The second-order valence-electron chi connectivity index (χ2n) is 11.4. The fraction of sp³-hybridized carbons (Fsp3) is 0.655. The quantitative estimate of drug-likeness (QED) is 0.144. The van der Waals surface area contributed by atoms with Crippen molar-refractivity contribution in [1.82, 2.24) is 0 Å². The molecule has 0 aromatic rings. The third-order valence-corrected chi connectivity index (χ3v) is 9.33. The van der Waals surface area contributed by atoms with Gasteiger partial charge in [-0.3, -0.25) is 0 Å². The van der Waals surface area contributed by atoms with Gasteiger partial charge in [-0.25, -0.2) is 9.59 Å². The number of epoxide rings is 1. The van der Waals surface area contributed by atoms with Gasteiger partial charge < -0.3 is 33.9 Å². The van der Waals surface area contributed by atoms with E-state index >= 15 is 0 Å². The second kappa shape index (κ2) is 10.4. The minimum Gasteiger partial charge on any atom is -0.458 e. The number of hydrogen-bond donors (Lipinski definition) is 2. The van der Waals surface area contributed by atoms with Gasteiger partial charge in [-0.2, -0.15) is 0 Å². The molecule has 5 rings (SSSR count). The molecule has 3 aliphatic heterocycles. The Morgan fingerprint density at radius 2 is 2.13 bits per heavy atom. The van der Waals surface area contributed by atoms with Crippen molar-refractivity contribution in [2.45, 2.75) is 82.6 Å². The predicted molar refractivity (Wildman–Crippen MR) is 136 cm³/mol. The van der Waals surface area contributed by atoms with Crippen LogP contribution in [0, 0.1) is 10.8 Å². The third-order valence-electron chi connectivity index (χ3n) is 9.33. The van der Waals surface area contributed by atoms with Crippen molar-refractivity contribution in [3.63, 3.8) is 0 Å². The lowest BCUT2D eigenvalue weighted by molar-refractivity contribution is -0.228. The molecule has 8 atom stereocenters. The number of carbonyl (C=O) groups excluding carboxylic acids is 2. The van der Waals surface area contributed by atoms with Crippen LogP contribution in [0.4, 0.5) is 0 Å². The molecular formula is C29H38O9. The summed E-state index contributed by atoms with van der Waals surface area (Å²) in [6.07, 6.45) is 10.3. The first-order valence-electron chi connectivity index (χ1n) is 13.4. The van der Waals surface area contributed by atoms with Crippen LogP contribution in [-0.4, -0.2) is 84.7 Å². The molecule has 5 aliphatic rings. The number of ether oxygens (including phenoxy) is 5. The van der Waals surface area contributed by atoms with Crippen molar-refractivity contribution in [3.05, 3.63) is 47.6 Å². The average Bonchev–Trinajstić information content (AvgIpc) is 3.55. The molecule has 9 heteroatoms. The molecule has 3 fully saturated rings. The smallest absolute Gasteiger partial charge is 0.331 e. The number of aliphatic hydroxyl groups is 2. The summed E-state index contributed by atoms with van der Waals surface area (Å²) in [6, 6.07) is 0. The van der Waals surface area contributed by atoms with Gasteiger partial charge in [0.15, 0.2) is 0 Å². The van der Waals surface area contributed by atoms with Crippen LogP contribution in [0.2, 0.25) is 0 Å². The first kappa shape index (κ1) is 27.3. The van der Waals surface area contributed by atoms with Crippen LogP contribution < -0.4 is 0 Å². The monoisotopic (exact) mass is 530 g/mol. The van der Waals surface area contributed by atoms with Gasteiger partial charge in [-0.05, 0) is 38.7 Å². The van der Waals surface area contributed by atoms with Gasteiger partial charge >= 0.3 is 11.9 Å². The molecule has 38 heavy (non-hydrogen) atoms. The van der Waals surface area contributed by atoms with E-state index in [2.05, 4.69) is 19.9 Å². The molecule has 0 unspecified atom stereocenters. The molecule has 1 spiro atoms. The molecule has 1 saturated carbocycles. The Morgan fingerprint density at radius 1 is 1.34 bits per heavy atom. The fourth-order valence-corrected chi connectivity index (χ4v) is 6.89. The highest BCUT2D eigenvalue weighted by molar-refractivity contribution is 5.85. The van der Waals surface area contributed by atoms with E-state index in [1.54, 1.807) is 25.2 Å². The van der Waals surface area contributed by atoms with E-state index in [9.17, 15) is 19.8 Å². The van der Waals surface area contributed by atoms with Crippen LogP contribution in [0.5, 0.6) is 0 Å². The van der Waals surface area contributed by atoms with Crippen LogP contribution in [-0.2, 0) is 33.3 Å². The van der Waals surface area contributed by atoms with Crippen LogP contribution in [0.25, 0.3) is 0 Å². The summed E-state index contributed by atoms with van der Waals surface area (Å²) in [6.45, 7) is 6.87. The zero-order valence-electron chi connectivity index (χ0n) is 22.3. The summed E-state index contributed by atoms with van der Waals surface area (Å²) in [4.78, 5) is 24.0. The van der Waals surface area contributed by atoms with E-state index in [4.69, 9.17) is 23.7 Å². The Hall–Kier alpha value is -2.30. The van der Waals surface area contributed by atoms with Crippen molar-refractivity contribution >= 4 is 11.9 Å². The van der Waals surface area contributed by atoms with Crippen LogP contribution >= 0.6 is 0 Å². The predicted octanol–water partition coefficient (Wildman–Crippen LogP) is 2.32. The highest BCUT2D eigenvalue weighted by Crippen LogP contribution is 2.71. The van der Waals surface area contributed by atoms with Crippen molar-refractivity contribution in [2.24, 2.45) is 10.8 Å². The maximum Gasteiger partial charge on any atom is 0.331 e. The normalized spacial score (nSPS) is 39.2. The molecule has 0 radical (unpaired) electrons. The van der Waals surface area contributed by atoms with E-state index in [-0.39, 0.29) is 31.4 Å². The number of rotatable bonds is 10. The number of allylic oxidation sites excluding steroid dienone is 3. The molecule has 2 aliphatic carbocycles. The average molecular weight is 531 g/mol. The topological polar surface area (TPSA) is 124 Å². The highest BCUT2D eigenvalue weighted by Gasteiger charge is 2.82. The van der Waals surface area contributed by atoms with Crippen LogP contribution in [0.1, 0.15) is 46.5 Å². The molecule has 0 amide bonds. The maximum absolute atomic E-state index is 12.9. The van der Waals surface area contributed by atoms with Gasteiger partial charge in [0.1, 0.15) is 24.4 Å². The van der Waals surface area contributed by atoms with Gasteiger partial charge in [-0.15, -0.1) is 0 Å². The van der Waals surface area contributed by atoms with E-state index < -0.39 is 40.7 Å². The van der Waals surface area contributed by atoms with Crippen molar-refractivity contribution in [2.75, 3.05) is 26.4 Å². The van der Waals surface area contributed by atoms with Crippen molar-refractivity contribution in [1.29, 1.82) is 0 Å². The second-order valence-corrected chi connectivity index (χ2v) is 11.4. The number of carbonyl (C=O) groups is 2. The lowest BCUT2D eigenvalue weighted by Crippen LogP contribution is -2.66. The summed E-state index contributed by atoms with van der Waals surface area (Å²) < 4.78 is 29.1. The maximum atomic E-state index is 12.9. The first-order chi connectivity index (χ1) is 18.1. The SMILES string of the molecule is CC1=C[C@H]2O[C@@H]3C[C@@H](OC(=O)/C=C\C=C\[C@@H](OCCC4=CC(=O)OC4)[C@@H](C)O)[C@](C)([C@@]2(CO)CC1)[C@]31CO1. The van der Waals surface area contributed by atoms with Crippen molar-refractivity contribution in [3.8, 4) is 0 Å². The number of aliphatic hydroxyl groups excluding tert-OH is 2. The van der Waals surface area contributed by atoms with E-state index in [0.717, 1.165) is 18.4 Å². The minimum atomic E-state index is -0.759. The molecule has 2 saturated heterocycles. The van der Waals surface area contributed by atoms with Gasteiger partial charge in [0, 0.05) is 29.4 Å². The zero-order valence-corrected chi connectivity index (χ0v) is 22.3. The standard InChI is InChI=1S/C29H38O9/c1-18-8-10-28(16-30)23(12-18)37-24-14-22(27(28,3)29(24)17-36-29)38-25(32)7-5-4-6-21(19(2)31)34-11-9-20-13-26(33)35-15-20/h4-7,12-13,19,21-24,30-31H,8-11,14-17H2,1-3H3/b6-4+,7-5-/t19-,21-,22-,23-,24-,27-,28-,29+/m1/s1. The number of esters is 2. The lowest BCUT2D eigenvalue weighted by atomic mass is 9.51. The molecule has 9 nitrogen and oxygen atoms in total. The Bertz CT molecular complexity index is 1070. The Morgan fingerprint density at radius 3 is 2.79 bits per heavy atom.